The Morgan fingerprint density at radius 2 is 1.96 bits per heavy atom. The van der Waals surface area contributed by atoms with Crippen LogP contribution in [0, 0.1) is 12.8 Å². The molecule has 25 heavy (non-hydrogen) atoms. The Kier molecular flexibility index (Phi) is 6.48. The molecule has 2 aromatic rings. The first kappa shape index (κ1) is 19.3. The summed E-state index contributed by atoms with van der Waals surface area (Å²) in [6.07, 6.45) is 1.97. The lowest BCUT2D eigenvalue weighted by Crippen LogP contribution is -2.36. The van der Waals surface area contributed by atoms with Crippen molar-refractivity contribution in [3.8, 4) is 5.75 Å². The minimum atomic E-state index is -0.435. The van der Waals surface area contributed by atoms with E-state index in [9.17, 15) is 9.59 Å². The molecule has 0 bridgehead atoms. The van der Waals surface area contributed by atoms with Gasteiger partial charge in [-0.2, -0.15) is 0 Å². The van der Waals surface area contributed by atoms with Gasteiger partial charge in [0.1, 0.15) is 11.3 Å². The average Bonchev–Trinajstić information content (AvgIpc) is 2.51. The van der Waals surface area contributed by atoms with Gasteiger partial charge in [0.05, 0.1) is 5.02 Å². The van der Waals surface area contributed by atoms with Gasteiger partial charge in [-0.3, -0.25) is 4.79 Å². The zero-order chi connectivity index (χ0) is 18.6. The second kappa shape index (κ2) is 8.39. The molecule has 1 amide bonds. The van der Waals surface area contributed by atoms with Crippen LogP contribution in [-0.2, 0) is 4.79 Å². The molecule has 0 aliphatic carbocycles. The fourth-order valence-corrected chi connectivity index (χ4v) is 2.76. The van der Waals surface area contributed by atoms with Gasteiger partial charge >= 0.3 is 5.63 Å². The molecule has 0 fully saturated rings. The fraction of sp³-hybridized carbons (Fsp3) is 0.474. The third kappa shape index (κ3) is 5.49. The summed E-state index contributed by atoms with van der Waals surface area (Å²) in [5.74, 6) is 0.705. The first-order valence-corrected chi connectivity index (χ1v) is 8.80. The third-order valence-corrected chi connectivity index (χ3v) is 4.24. The van der Waals surface area contributed by atoms with Gasteiger partial charge in [0.15, 0.2) is 6.61 Å². The SMILES string of the molecule is Cc1cc(=O)oc2cc(OCC(=O)N[C@@H](C)CCC(C)C)c(Cl)cc12. The largest absolute Gasteiger partial charge is 0.482 e. The lowest BCUT2D eigenvalue weighted by Gasteiger charge is -2.15. The Morgan fingerprint density at radius 1 is 1.24 bits per heavy atom. The summed E-state index contributed by atoms with van der Waals surface area (Å²) in [4.78, 5) is 23.5. The van der Waals surface area contributed by atoms with E-state index in [0.717, 1.165) is 23.8 Å². The number of rotatable bonds is 7. The number of nitrogens with one attached hydrogen (secondary N) is 1. The minimum Gasteiger partial charge on any atom is -0.482 e. The number of ether oxygens (including phenoxy) is 1. The predicted octanol–water partition coefficient (Wildman–Crippen LogP) is 4.07. The normalized spacial score (nSPS) is 12.4. The van der Waals surface area contributed by atoms with Crippen LogP contribution in [0.2, 0.25) is 5.02 Å². The summed E-state index contributed by atoms with van der Waals surface area (Å²) in [6.45, 7) is 7.94. The third-order valence-electron chi connectivity index (χ3n) is 3.95. The maximum atomic E-state index is 12.0. The molecule has 5 nitrogen and oxygen atoms in total. The number of aryl methyl sites for hydroxylation is 1. The molecule has 1 atom stereocenters. The number of benzene rings is 1. The zero-order valence-corrected chi connectivity index (χ0v) is 15.8. The molecule has 0 unspecified atom stereocenters. The van der Waals surface area contributed by atoms with E-state index in [1.165, 1.54) is 6.07 Å². The van der Waals surface area contributed by atoms with Crippen LogP contribution < -0.4 is 15.7 Å². The molecule has 0 aliphatic heterocycles. The lowest BCUT2D eigenvalue weighted by molar-refractivity contribution is -0.123. The van der Waals surface area contributed by atoms with E-state index in [1.54, 1.807) is 12.1 Å². The highest BCUT2D eigenvalue weighted by atomic mass is 35.5. The van der Waals surface area contributed by atoms with E-state index in [-0.39, 0.29) is 18.6 Å². The van der Waals surface area contributed by atoms with E-state index in [2.05, 4.69) is 19.2 Å². The summed E-state index contributed by atoms with van der Waals surface area (Å²) < 4.78 is 10.7. The van der Waals surface area contributed by atoms with Crippen molar-refractivity contribution >= 4 is 28.5 Å². The standard InChI is InChI=1S/C19H24ClNO4/c1-11(2)5-6-13(4)21-18(22)10-24-17-9-16-14(8-15(17)20)12(3)7-19(23)25-16/h7-9,11,13H,5-6,10H2,1-4H3,(H,21,22)/t13-/m0/s1. The summed E-state index contributed by atoms with van der Waals surface area (Å²) in [7, 11) is 0. The Bertz CT molecular complexity index is 813. The topological polar surface area (TPSA) is 68.5 Å². The molecule has 1 heterocycles. The molecule has 6 heteroatoms. The molecular formula is C19H24ClNO4. The number of carbonyl (C=O) groups excluding carboxylic acids is 1. The van der Waals surface area contributed by atoms with Crippen molar-refractivity contribution in [2.24, 2.45) is 5.92 Å². The molecular weight excluding hydrogens is 342 g/mol. The van der Waals surface area contributed by atoms with Crippen LogP contribution in [0.15, 0.2) is 27.4 Å². The monoisotopic (exact) mass is 365 g/mol. The summed E-state index contributed by atoms with van der Waals surface area (Å²) >= 11 is 6.21. The van der Waals surface area contributed by atoms with E-state index >= 15 is 0 Å². The molecule has 1 N–H and O–H groups in total. The van der Waals surface area contributed by atoms with E-state index < -0.39 is 5.63 Å². The van der Waals surface area contributed by atoms with Crippen molar-refractivity contribution in [1.29, 1.82) is 0 Å². The highest BCUT2D eigenvalue weighted by Gasteiger charge is 2.12. The van der Waals surface area contributed by atoms with E-state index in [4.69, 9.17) is 20.8 Å². The summed E-state index contributed by atoms with van der Waals surface area (Å²) in [5, 5.41) is 4.01. The van der Waals surface area contributed by atoms with E-state index in [0.29, 0.717) is 22.3 Å². The highest BCUT2D eigenvalue weighted by molar-refractivity contribution is 6.32. The smallest absolute Gasteiger partial charge is 0.336 e. The van der Waals surface area contributed by atoms with E-state index in [1.807, 2.05) is 13.8 Å². The minimum absolute atomic E-state index is 0.0891. The van der Waals surface area contributed by atoms with Gasteiger partial charge in [-0.1, -0.05) is 25.4 Å². The molecule has 0 aliphatic rings. The van der Waals surface area contributed by atoms with Crippen LogP contribution in [0.3, 0.4) is 0 Å². The Balaban J connectivity index is 2.02. The van der Waals surface area contributed by atoms with Crippen LogP contribution in [0.1, 0.15) is 39.2 Å². The van der Waals surface area contributed by atoms with Gasteiger partial charge in [-0.25, -0.2) is 4.79 Å². The van der Waals surface area contributed by atoms with Crippen molar-refractivity contribution in [3.05, 3.63) is 39.2 Å². The predicted molar refractivity (Wildman–Crippen MR) is 99.4 cm³/mol. The number of hydrogen-bond acceptors (Lipinski definition) is 4. The number of carbonyl (C=O) groups is 1. The van der Waals surface area contributed by atoms with Gasteiger partial charge in [0, 0.05) is 23.6 Å². The molecule has 2 rings (SSSR count). The quantitative estimate of drug-likeness (QED) is 0.751. The van der Waals surface area contributed by atoms with Gasteiger partial charge in [0.2, 0.25) is 0 Å². The molecule has 0 spiro atoms. The Morgan fingerprint density at radius 3 is 2.64 bits per heavy atom. The number of fused-ring (bicyclic) bond motifs is 1. The first-order valence-electron chi connectivity index (χ1n) is 8.42. The molecule has 0 saturated carbocycles. The van der Waals surface area contributed by atoms with Gasteiger partial charge in [-0.05, 0) is 44.2 Å². The maximum Gasteiger partial charge on any atom is 0.336 e. The van der Waals surface area contributed by atoms with Crippen molar-refractivity contribution < 1.29 is 13.9 Å². The van der Waals surface area contributed by atoms with Crippen molar-refractivity contribution in [2.75, 3.05) is 6.61 Å². The van der Waals surface area contributed by atoms with Crippen LogP contribution in [0.5, 0.6) is 5.75 Å². The fourth-order valence-electron chi connectivity index (χ4n) is 2.55. The van der Waals surface area contributed by atoms with Crippen molar-refractivity contribution in [1.82, 2.24) is 5.32 Å². The number of halogens is 1. The molecule has 0 saturated heterocycles. The van der Waals surface area contributed by atoms with Crippen molar-refractivity contribution in [3.63, 3.8) is 0 Å². The second-order valence-corrected chi connectivity index (χ2v) is 7.16. The van der Waals surface area contributed by atoms with Gasteiger partial charge < -0.3 is 14.5 Å². The van der Waals surface area contributed by atoms with Crippen molar-refractivity contribution in [2.45, 2.75) is 46.6 Å². The van der Waals surface area contributed by atoms with Gasteiger partial charge in [0.25, 0.3) is 5.91 Å². The molecule has 0 radical (unpaired) electrons. The molecule has 1 aromatic carbocycles. The average molecular weight is 366 g/mol. The number of amides is 1. The van der Waals surface area contributed by atoms with Crippen LogP contribution in [0.25, 0.3) is 11.0 Å². The second-order valence-electron chi connectivity index (χ2n) is 6.76. The molecule has 1 aromatic heterocycles. The Hall–Kier alpha value is -2.01. The summed E-state index contributed by atoms with van der Waals surface area (Å²) in [5.41, 5.74) is 0.724. The highest BCUT2D eigenvalue weighted by Crippen LogP contribution is 2.30. The van der Waals surface area contributed by atoms with Gasteiger partial charge in [-0.15, -0.1) is 0 Å². The van der Waals surface area contributed by atoms with Crippen LogP contribution >= 0.6 is 11.6 Å². The molecule has 136 valence electrons. The van der Waals surface area contributed by atoms with Crippen LogP contribution in [0.4, 0.5) is 0 Å². The Labute approximate surface area is 152 Å². The zero-order valence-electron chi connectivity index (χ0n) is 15.0. The number of hydrogen-bond donors (Lipinski definition) is 1. The summed E-state index contributed by atoms with van der Waals surface area (Å²) in [6, 6.07) is 4.71. The van der Waals surface area contributed by atoms with Crippen LogP contribution in [-0.4, -0.2) is 18.6 Å². The maximum absolute atomic E-state index is 12.0. The lowest BCUT2D eigenvalue weighted by atomic mass is 10.0. The first-order chi connectivity index (χ1) is 11.8.